The Kier molecular flexibility index (Phi) is 4.16. The van der Waals surface area contributed by atoms with E-state index in [4.69, 9.17) is 5.11 Å². The standard InChI is InChI=1S/C12H17NO2/c1-3-10(4-2)13-11-7-5-9(6-8-11)12(14)15/h5-8,10,13H,3-4H2,1-2H3,(H,14,15). The average molecular weight is 207 g/mol. The maximum absolute atomic E-state index is 10.6. The number of hydrogen-bond acceptors (Lipinski definition) is 2. The molecule has 0 radical (unpaired) electrons. The van der Waals surface area contributed by atoms with Crippen LogP contribution in [-0.4, -0.2) is 17.1 Å². The summed E-state index contributed by atoms with van der Waals surface area (Å²) >= 11 is 0. The third-order valence-corrected chi connectivity index (χ3v) is 2.49. The van der Waals surface area contributed by atoms with Gasteiger partial charge in [-0.1, -0.05) is 13.8 Å². The molecule has 0 aliphatic heterocycles. The monoisotopic (exact) mass is 207 g/mol. The maximum Gasteiger partial charge on any atom is 0.335 e. The van der Waals surface area contributed by atoms with Crippen LogP contribution in [0.3, 0.4) is 0 Å². The zero-order valence-electron chi connectivity index (χ0n) is 9.16. The number of hydrogen-bond donors (Lipinski definition) is 2. The number of nitrogens with one attached hydrogen (secondary N) is 1. The third kappa shape index (κ3) is 3.27. The quantitative estimate of drug-likeness (QED) is 0.780. The Morgan fingerprint density at radius 3 is 2.20 bits per heavy atom. The summed E-state index contributed by atoms with van der Waals surface area (Å²) in [4.78, 5) is 10.6. The molecule has 1 aromatic rings. The summed E-state index contributed by atoms with van der Waals surface area (Å²) in [5, 5.41) is 12.1. The van der Waals surface area contributed by atoms with Crippen molar-refractivity contribution in [2.45, 2.75) is 32.7 Å². The van der Waals surface area contributed by atoms with Crippen LogP contribution in [-0.2, 0) is 0 Å². The van der Waals surface area contributed by atoms with E-state index in [-0.39, 0.29) is 0 Å². The van der Waals surface area contributed by atoms with E-state index in [1.54, 1.807) is 12.1 Å². The Balaban J connectivity index is 2.67. The lowest BCUT2D eigenvalue weighted by Gasteiger charge is -2.16. The van der Waals surface area contributed by atoms with Gasteiger partial charge >= 0.3 is 5.97 Å². The van der Waals surface area contributed by atoms with E-state index in [2.05, 4.69) is 19.2 Å². The summed E-state index contributed by atoms with van der Waals surface area (Å²) in [5.74, 6) is -0.885. The predicted octanol–water partition coefficient (Wildman–Crippen LogP) is 2.99. The predicted molar refractivity (Wildman–Crippen MR) is 61.4 cm³/mol. The highest BCUT2D eigenvalue weighted by atomic mass is 16.4. The molecule has 0 bridgehead atoms. The van der Waals surface area contributed by atoms with Crippen LogP contribution >= 0.6 is 0 Å². The number of carbonyl (C=O) groups is 1. The van der Waals surface area contributed by atoms with E-state index in [0.29, 0.717) is 11.6 Å². The molecule has 1 aromatic carbocycles. The molecule has 2 N–H and O–H groups in total. The third-order valence-electron chi connectivity index (χ3n) is 2.49. The van der Waals surface area contributed by atoms with Gasteiger partial charge in [-0.2, -0.15) is 0 Å². The van der Waals surface area contributed by atoms with Gasteiger partial charge in [0.1, 0.15) is 0 Å². The van der Waals surface area contributed by atoms with E-state index in [1.165, 1.54) is 0 Å². The topological polar surface area (TPSA) is 49.3 Å². The molecule has 82 valence electrons. The van der Waals surface area contributed by atoms with Gasteiger partial charge in [-0.05, 0) is 37.1 Å². The first-order chi connectivity index (χ1) is 7.17. The van der Waals surface area contributed by atoms with Gasteiger partial charge in [-0.3, -0.25) is 0 Å². The fraction of sp³-hybridized carbons (Fsp3) is 0.417. The van der Waals surface area contributed by atoms with Crippen molar-refractivity contribution in [1.29, 1.82) is 0 Å². The van der Waals surface area contributed by atoms with Crippen LogP contribution in [0.15, 0.2) is 24.3 Å². The first-order valence-electron chi connectivity index (χ1n) is 5.27. The van der Waals surface area contributed by atoms with E-state index in [9.17, 15) is 4.79 Å². The Hall–Kier alpha value is -1.51. The van der Waals surface area contributed by atoms with E-state index >= 15 is 0 Å². The van der Waals surface area contributed by atoms with Gasteiger partial charge in [0.15, 0.2) is 0 Å². The molecule has 3 nitrogen and oxygen atoms in total. The Morgan fingerprint density at radius 1 is 1.27 bits per heavy atom. The van der Waals surface area contributed by atoms with Gasteiger partial charge in [0, 0.05) is 11.7 Å². The maximum atomic E-state index is 10.6. The number of benzene rings is 1. The van der Waals surface area contributed by atoms with Crippen LogP contribution in [0.25, 0.3) is 0 Å². The molecule has 0 amide bonds. The average Bonchev–Trinajstić information content (AvgIpc) is 2.26. The van der Waals surface area contributed by atoms with Crippen LogP contribution in [0.2, 0.25) is 0 Å². The highest BCUT2D eigenvalue weighted by molar-refractivity contribution is 5.87. The molecule has 0 atom stereocenters. The SMILES string of the molecule is CCC(CC)Nc1ccc(C(=O)O)cc1. The molecule has 0 heterocycles. The molecule has 0 aromatic heterocycles. The van der Waals surface area contributed by atoms with Gasteiger partial charge in [-0.25, -0.2) is 4.79 Å². The first kappa shape index (κ1) is 11.6. The minimum atomic E-state index is -0.885. The summed E-state index contributed by atoms with van der Waals surface area (Å²) in [6, 6.07) is 7.31. The number of anilines is 1. The number of carboxylic acids is 1. The number of carboxylic acid groups (broad SMARTS) is 1. The van der Waals surface area contributed by atoms with E-state index in [0.717, 1.165) is 18.5 Å². The lowest BCUT2D eigenvalue weighted by molar-refractivity contribution is 0.0697. The number of aromatic carboxylic acids is 1. The van der Waals surface area contributed by atoms with Crippen molar-refractivity contribution in [3.8, 4) is 0 Å². The van der Waals surface area contributed by atoms with E-state index < -0.39 is 5.97 Å². The second-order valence-electron chi connectivity index (χ2n) is 3.54. The fourth-order valence-corrected chi connectivity index (χ4v) is 1.44. The van der Waals surface area contributed by atoms with Crippen molar-refractivity contribution >= 4 is 11.7 Å². The highest BCUT2D eigenvalue weighted by Crippen LogP contribution is 2.13. The molecule has 1 rings (SSSR count). The molecular weight excluding hydrogens is 190 g/mol. The van der Waals surface area contributed by atoms with Crippen LogP contribution in [0.5, 0.6) is 0 Å². The largest absolute Gasteiger partial charge is 0.478 e. The number of rotatable bonds is 5. The molecule has 0 saturated heterocycles. The summed E-state index contributed by atoms with van der Waals surface area (Å²) in [5.41, 5.74) is 1.30. The smallest absolute Gasteiger partial charge is 0.335 e. The molecule has 0 saturated carbocycles. The Bertz CT molecular complexity index is 315. The molecule has 0 fully saturated rings. The summed E-state index contributed by atoms with van der Waals surface area (Å²) < 4.78 is 0. The van der Waals surface area contributed by atoms with Crippen molar-refractivity contribution in [2.24, 2.45) is 0 Å². The summed E-state index contributed by atoms with van der Waals surface area (Å²) in [6.45, 7) is 4.26. The molecule has 15 heavy (non-hydrogen) atoms. The molecule has 0 aliphatic carbocycles. The Labute approximate surface area is 90.1 Å². The normalized spacial score (nSPS) is 10.3. The van der Waals surface area contributed by atoms with Crippen molar-refractivity contribution < 1.29 is 9.90 Å². The van der Waals surface area contributed by atoms with Gasteiger partial charge in [-0.15, -0.1) is 0 Å². The van der Waals surface area contributed by atoms with Crippen LogP contribution < -0.4 is 5.32 Å². The molecular formula is C12H17NO2. The molecule has 0 unspecified atom stereocenters. The molecule has 0 aliphatic rings. The van der Waals surface area contributed by atoms with Gasteiger partial charge < -0.3 is 10.4 Å². The Morgan fingerprint density at radius 2 is 1.80 bits per heavy atom. The summed E-state index contributed by atoms with van der Waals surface area (Å²) in [7, 11) is 0. The van der Waals surface area contributed by atoms with Gasteiger partial charge in [0.05, 0.1) is 5.56 Å². The fourth-order valence-electron chi connectivity index (χ4n) is 1.44. The van der Waals surface area contributed by atoms with E-state index in [1.807, 2.05) is 12.1 Å². The highest BCUT2D eigenvalue weighted by Gasteiger charge is 2.04. The minimum Gasteiger partial charge on any atom is -0.478 e. The molecule has 0 spiro atoms. The minimum absolute atomic E-state index is 0.324. The zero-order valence-corrected chi connectivity index (χ0v) is 9.16. The van der Waals surface area contributed by atoms with Crippen molar-refractivity contribution in [1.82, 2.24) is 0 Å². The second-order valence-corrected chi connectivity index (χ2v) is 3.54. The van der Waals surface area contributed by atoms with Crippen molar-refractivity contribution in [3.05, 3.63) is 29.8 Å². The van der Waals surface area contributed by atoms with Crippen molar-refractivity contribution in [2.75, 3.05) is 5.32 Å². The van der Waals surface area contributed by atoms with Crippen LogP contribution in [0.1, 0.15) is 37.0 Å². The zero-order chi connectivity index (χ0) is 11.3. The van der Waals surface area contributed by atoms with Crippen LogP contribution in [0, 0.1) is 0 Å². The molecule has 3 heteroatoms. The van der Waals surface area contributed by atoms with Gasteiger partial charge in [0.25, 0.3) is 0 Å². The van der Waals surface area contributed by atoms with Crippen LogP contribution in [0.4, 0.5) is 5.69 Å². The van der Waals surface area contributed by atoms with Crippen molar-refractivity contribution in [3.63, 3.8) is 0 Å². The lowest BCUT2D eigenvalue weighted by Crippen LogP contribution is -2.16. The first-order valence-corrected chi connectivity index (χ1v) is 5.27. The summed E-state index contributed by atoms with van der Waals surface area (Å²) in [6.07, 6.45) is 2.13. The lowest BCUT2D eigenvalue weighted by atomic mass is 10.1. The second kappa shape index (κ2) is 5.39. The van der Waals surface area contributed by atoms with Gasteiger partial charge in [0.2, 0.25) is 0 Å².